The van der Waals surface area contributed by atoms with Crippen LogP contribution in [-0.2, 0) is 5.41 Å². The molecule has 0 bridgehead atoms. The minimum Gasteiger partial charge on any atom is -0.456 e. The molecule has 334 valence electrons. The van der Waals surface area contributed by atoms with E-state index < -0.39 is 0 Å². The Morgan fingerprint density at radius 3 is 1.47 bits per heavy atom. The number of fused-ring (bicyclic) bond motifs is 7. The van der Waals surface area contributed by atoms with Crippen LogP contribution in [0.1, 0.15) is 26.3 Å². The third-order valence-electron chi connectivity index (χ3n) is 14.1. The minimum absolute atomic E-state index is 0.0148. The van der Waals surface area contributed by atoms with Crippen molar-refractivity contribution < 1.29 is 4.42 Å². The maximum absolute atomic E-state index is 6.35. The first-order chi connectivity index (χ1) is 34.4. The lowest BCUT2D eigenvalue weighted by molar-refractivity contribution is 0.590. The molecule has 2 aliphatic rings. The quantitative estimate of drug-likeness (QED) is 0.142. The molecule has 0 aliphatic carbocycles. The van der Waals surface area contributed by atoms with Crippen LogP contribution in [-0.4, -0.2) is 6.71 Å². The molecule has 0 fully saturated rings. The van der Waals surface area contributed by atoms with E-state index in [9.17, 15) is 0 Å². The van der Waals surface area contributed by atoms with Crippen LogP contribution < -0.4 is 36.0 Å². The zero-order chi connectivity index (χ0) is 46.9. The summed E-state index contributed by atoms with van der Waals surface area (Å²) < 4.78 is 6.35. The summed E-state index contributed by atoms with van der Waals surface area (Å²) in [5.74, 6) is 0. The SMILES string of the molecule is CC(C)(C)c1ccc(N2c3cc(N(c4ccccc4)c4ccc5oc6ccccc6c5c4)ccc3B3c4ccccc4N(c4ccccc4)c4cc(N(c5ccccc5)c5ccccc5)cc2c43)cc1. The van der Waals surface area contributed by atoms with Crippen LogP contribution >= 0.6 is 0 Å². The first-order valence-electron chi connectivity index (χ1n) is 24.2. The number of para-hydroxylation sites is 6. The summed E-state index contributed by atoms with van der Waals surface area (Å²) in [4.78, 5) is 9.80. The minimum atomic E-state index is -0.0647. The van der Waals surface area contributed by atoms with Gasteiger partial charge in [-0.25, -0.2) is 0 Å². The van der Waals surface area contributed by atoms with Crippen LogP contribution in [0.25, 0.3) is 21.9 Å². The molecule has 10 aromatic carbocycles. The van der Waals surface area contributed by atoms with E-state index in [0.29, 0.717) is 0 Å². The average molecular weight is 901 g/mol. The predicted molar refractivity (Wildman–Crippen MR) is 296 cm³/mol. The molecule has 0 N–H and O–H groups in total. The summed E-state index contributed by atoms with van der Waals surface area (Å²) >= 11 is 0. The molecule has 13 rings (SSSR count). The molecule has 2 aliphatic heterocycles. The second-order valence-corrected chi connectivity index (χ2v) is 19.4. The molecule has 70 heavy (non-hydrogen) atoms. The second kappa shape index (κ2) is 16.5. The van der Waals surface area contributed by atoms with Crippen molar-refractivity contribution in [2.75, 3.05) is 19.6 Å². The highest BCUT2D eigenvalue weighted by molar-refractivity contribution is 7.00. The van der Waals surface area contributed by atoms with Crippen molar-refractivity contribution >= 4 is 113 Å². The van der Waals surface area contributed by atoms with Gasteiger partial charge in [0.2, 0.25) is 0 Å². The Bertz CT molecular complexity index is 3680. The Hall–Kier alpha value is -8.74. The van der Waals surface area contributed by atoms with E-state index in [1.807, 2.05) is 12.1 Å². The van der Waals surface area contributed by atoms with Gasteiger partial charge in [-0.15, -0.1) is 0 Å². The molecule has 0 amide bonds. The Morgan fingerprint density at radius 2 is 0.829 bits per heavy atom. The molecule has 0 spiro atoms. The zero-order valence-electron chi connectivity index (χ0n) is 39.4. The Morgan fingerprint density at radius 1 is 0.357 bits per heavy atom. The number of hydrogen-bond acceptors (Lipinski definition) is 5. The third kappa shape index (κ3) is 6.86. The van der Waals surface area contributed by atoms with Gasteiger partial charge in [0, 0.05) is 73.3 Å². The summed E-state index contributed by atoms with van der Waals surface area (Å²) in [5, 5.41) is 2.19. The van der Waals surface area contributed by atoms with Crippen LogP contribution in [0.15, 0.2) is 247 Å². The number of nitrogens with zero attached hydrogens (tertiary/aromatic N) is 4. The van der Waals surface area contributed by atoms with E-state index in [4.69, 9.17) is 4.42 Å². The van der Waals surface area contributed by atoms with Gasteiger partial charge in [-0.05, 0) is 143 Å². The molecule has 0 unspecified atom stereocenters. The lowest BCUT2D eigenvalue weighted by atomic mass is 9.33. The fourth-order valence-electron chi connectivity index (χ4n) is 10.9. The van der Waals surface area contributed by atoms with E-state index in [1.54, 1.807) is 0 Å². The molecule has 1 aromatic heterocycles. The topological polar surface area (TPSA) is 26.1 Å². The van der Waals surface area contributed by atoms with Gasteiger partial charge in [0.1, 0.15) is 11.2 Å². The fraction of sp³-hybridized carbons (Fsp3) is 0.0625. The monoisotopic (exact) mass is 900 g/mol. The van der Waals surface area contributed by atoms with Gasteiger partial charge in [-0.3, -0.25) is 0 Å². The lowest BCUT2D eigenvalue weighted by Gasteiger charge is -2.45. The van der Waals surface area contributed by atoms with E-state index in [1.165, 1.54) is 27.6 Å². The Kier molecular flexibility index (Phi) is 9.77. The van der Waals surface area contributed by atoms with Crippen molar-refractivity contribution in [3.8, 4) is 0 Å². The number of anilines is 12. The van der Waals surface area contributed by atoms with Crippen LogP contribution in [0.2, 0.25) is 0 Å². The van der Waals surface area contributed by atoms with Crippen molar-refractivity contribution in [1.29, 1.82) is 0 Å². The molecule has 0 saturated carbocycles. The predicted octanol–water partition coefficient (Wildman–Crippen LogP) is 15.9. The summed E-state index contributed by atoms with van der Waals surface area (Å²) in [6, 6.07) is 88.3. The maximum Gasteiger partial charge on any atom is 0.252 e. The number of benzene rings is 10. The smallest absolute Gasteiger partial charge is 0.252 e. The highest BCUT2D eigenvalue weighted by Gasteiger charge is 2.44. The molecular formula is C64H49BN4O. The molecule has 0 radical (unpaired) electrons. The molecular weight excluding hydrogens is 852 g/mol. The zero-order valence-corrected chi connectivity index (χ0v) is 39.4. The Balaban J connectivity index is 1.11. The normalized spacial score (nSPS) is 12.7. The van der Waals surface area contributed by atoms with Crippen LogP contribution in [0.5, 0.6) is 0 Å². The van der Waals surface area contributed by atoms with Gasteiger partial charge in [-0.2, -0.15) is 0 Å². The summed E-state index contributed by atoms with van der Waals surface area (Å²) in [6.07, 6.45) is 0. The van der Waals surface area contributed by atoms with Crippen LogP contribution in [0.4, 0.5) is 68.2 Å². The third-order valence-corrected chi connectivity index (χ3v) is 14.1. The summed E-state index contributed by atoms with van der Waals surface area (Å²) in [5.41, 5.74) is 20.0. The molecule has 0 saturated heterocycles. The maximum atomic E-state index is 6.35. The van der Waals surface area contributed by atoms with E-state index in [2.05, 4.69) is 271 Å². The molecule has 5 nitrogen and oxygen atoms in total. The molecule has 3 heterocycles. The van der Waals surface area contributed by atoms with Crippen LogP contribution in [0.3, 0.4) is 0 Å². The molecule has 0 atom stereocenters. The van der Waals surface area contributed by atoms with E-state index in [0.717, 1.165) is 84.5 Å². The van der Waals surface area contributed by atoms with Gasteiger partial charge in [0.25, 0.3) is 6.71 Å². The highest BCUT2D eigenvalue weighted by atomic mass is 16.3. The number of furan rings is 1. The van der Waals surface area contributed by atoms with E-state index >= 15 is 0 Å². The van der Waals surface area contributed by atoms with E-state index in [-0.39, 0.29) is 12.1 Å². The lowest BCUT2D eigenvalue weighted by Crippen LogP contribution is -2.61. The average Bonchev–Trinajstić information content (AvgIpc) is 3.78. The first-order valence-corrected chi connectivity index (χ1v) is 24.2. The van der Waals surface area contributed by atoms with Crippen molar-refractivity contribution in [3.63, 3.8) is 0 Å². The van der Waals surface area contributed by atoms with Crippen molar-refractivity contribution in [1.82, 2.24) is 0 Å². The van der Waals surface area contributed by atoms with Gasteiger partial charge < -0.3 is 24.0 Å². The van der Waals surface area contributed by atoms with Crippen molar-refractivity contribution in [3.05, 3.63) is 248 Å². The highest BCUT2D eigenvalue weighted by Crippen LogP contribution is 2.49. The fourth-order valence-corrected chi connectivity index (χ4v) is 10.9. The second-order valence-electron chi connectivity index (χ2n) is 19.4. The molecule has 11 aromatic rings. The summed E-state index contributed by atoms with van der Waals surface area (Å²) in [6.45, 7) is 6.79. The van der Waals surface area contributed by atoms with Gasteiger partial charge in [0.15, 0.2) is 0 Å². The largest absolute Gasteiger partial charge is 0.456 e. The van der Waals surface area contributed by atoms with Gasteiger partial charge >= 0.3 is 0 Å². The van der Waals surface area contributed by atoms with Crippen molar-refractivity contribution in [2.45, 2.75) is 26.2 Å². The van der Waals surface area contributed by atoms with Crippen molar-refractivity contribution in [2.24, 2.45) is 0 Å². The molecule has 6 heteroatoms. The van der Waals surface area contributed by atoms with Gasteiger partial charge in [-0.1, -0.05) is 148 Å². The Labute approximate surface area is 409 Å². The van der Waals surface area contributed by atoms with Crippen LogP contribution in [0, 0.1) is 0 Å². The number of rotatable bonds is 8. The number of hydrogen-bond donors (Lipinski definition) is 0. The standard InChI is InChI=1S/C64H49BN4O/c1-64(2,3)44-32-34-49(35-33-44)69-58-41-51(67(47-24-12-6-13-25-47)50-37-39-62-54(40-50)53-28-16-19-31-61(53)70-62)36-38-56(58)65-55-29-17-18-30-57(55)68(48-26-14-7-15-27-48)59-42-52(43-60(69)63(59)65)66(45-20-8-4-9-21-45)46-22-10-5-11-23-46/h4-43H,1-3H3. The first kappa shape index (κ1) is 41.5. The summed E-state index contributed by atoms with van der Waals surface area (Å²) in [7, 11) is 0. The van der Waals surface area contributed by atoms with Gasteiger partial charge in [0.05, 0.1) is 5.69 Å².